The van der Waals surface area contributed by atoms with Gasteiger partial charge in [-0.3, -0.25) is 0 Å². The highest BCUT2D eigenvalue weighted by Gasteiger charge is 2.05. The highest BCUT2D eigenvalue weighted by Crippen LogP contribution is 2.29. The fourth-order valence-electron chi connectivity index (χ4n) is 1.96. The second-order valence-corrected chi connectivity index (χ2v) is 4.56. The zero-order valence-electron chi connectivity index (χ0n) is 10.2. The Morgan fingerprint density at radius 2 is 1.78 bits per heavy atom. The normalized spacial score (nSPS) is 11.6. The first-order valence-electron chi connectivity index (χ1n) is 5.85. The molecule has 0 unspecified atom stereocenters. The smallest absolute Gasteiger partial charge is 0.0618 e. The molecule has 0 aromatic heterocycles. The van der Waals surface area contributed by atoms with Gasteiger partial charge < -0.3 is 5.11 Å². The van der Waals surface area contributed by atoms with Gasteiger partial charge in [-0.2, -0.15) is 0 Å². The second kappa shape index (κ2) is 5.85. The predicted octanol–water partition coefficient (Wildman–Crippen LogP) is 4.40. The van der Waals surface area contributed by atoms with Crippen LogP contribution in [0.1, 0.15) is 12.5 Å². The molecule has 92 valence electrons. The van der Waals surface area contributed by atoms with E-state index in [0.717, 1.165) is 27.3 Å². The Labute approximate surface area is 112 Å². The Hall–Kier alpha value is -1.57. The van der Waals surface area contributed by atoms with Crippen molar-refractivity contribution in [1.29, 1.82) is 0 Å². The van der Waals surface area contributed by atoms with Crippen LogP contribution in [0.5, 0.6) is 0 Å². The van der Waals surface area contributed by atoms with Crippen molar-refractivity contribution in [2.45, 2.75) is 6.92 Å². The van der Waals surface area contributed by atoms with Gasteiger partial charge in [0.25, 0.3) is 0 Å². The zero-order chi connectivity index (χ0) is 13.0. The maximum Gasteiger partial charge on any atom is 0.0618 e. The number of rotatable bonds is 3. The molecule has 1 nitrogen and oxygen atoms in total. The summed E-state index contributed by atoms with van der Waals surface area (Å²) in [5.74, 6) is 0. The minimum atomic E-state index is 0.0563. The summed E-state index contributed by atoms with van der Waals surface area (Å²) in [5.41, 5.74) is 4.48. The molecule has 0 heterocycles. The molecule has 0 saturated heterocycles. The zero-order valence-corrected chi connectivity index (χ0v) is 11.0. The monoisotopic (exact) mass is 258 g/mol. The van der Waals surface area contributed by atoms with E-state index in [4.69, 9.17) is 16.7 Å². The lowest BCUT2D eigenvalue weighted by molar-refractivity contribution is 0.343. The van der Waals surface area contributed by atoms with Gasteiger partial charge in [0.05, 0.1) is 6.61 Å². The Kier molecular flexibility index (Phi) is 4.19. The van der Waals surface area contributed by atoms with Gasteiger partial charge in [0, 0.05) is 5.02 Å². The molecule has 0 atom stereocenters. The fraction of sp³-hybridized carbons (Fsp3) is 0.125. The van der Waals surface area contributed by atoms with E-state index in [1.54, 1.807) is 0 Å². The van der Waals surface area contributed by atoms with Gasteiger partial charge in [0.1, 0.15) is 0 Å². The molecule has 18 heavy (non-hydrogen) atoms. The Balaban J connectivity index is 2.51. The SMILES string of the molecule is CC(=CCO)c1ccccc1-c1ccc(Cl)cc1. The maximum atomic E-state index is 9.00. The molecular weight excluding hydrogens is 244 g/mol. The van der Waals surface area contributed by atoms with Gasteiger partial charge >= 0.3 is 0 Å². The number of aliphatic hydroxyl groups is 1. The van der Waals surface area contributed by atoms with E-state index in [9.17, 15) is 0 Å². The van der Waals surface area contributed by atoms with Gasteiger partial charge in [-0.05, 0) is 41.3 Å². The van der Waals surface area contributed by atoms with Crippen molar-refractivity contribution < 1.29 is 5.11 Å². The molecule has 0 saturated carbocycles. The number of allylic oxidation sites excluding steroid dienone is 1. The minimum absolute atomic E-state index is 0.0563. The summed E-state index contributed by atoms with van der Waals surface area (Å²) in [6, 6.07) is 15.9. The minimum Gasteiger partial charge on any atom is -0.392 e. The molecule has 2 heteroatoms. The molecule has 0 aliphatic carbocycles. The van der Waals surface area contributed by atoms with Gasteiger partial charge in [0.2, 0.25) is 0 Å². The van der Waals surface area contributed by atoms with E-state index in [1.165, 1.54) is 0 Å². The Bertz CT molecular complexity index is 556. The first kappa shape index (κ1) is 12.9. The number of halogens is 1. The molecule has 2 aromatic rings. The van der Waals surface area contributed by atoms with E-state index >= 15 is 0 Å². The molecule has 2 aromatic carbocycles. The first-order valence-corrected chi connectivity index (χ1v) is 6.23. The van der Waals surface area contributed by atoms with Crippen molar-refractivity contribution >= 4 is 17.2 Å². The van der Waals surface area contributed by atoms with Crippen molar-refractivity contribution in [2.75, 3.05) is 6.61 Å². The van der Waals surface area contributed by atoms with Crippen molar-refractivity contribution in [3.05, 3.63) is 65.2 Å². The van der Waals surface area contributed by atoms with Crippen molar-refractivity contribution in [3.8, 4) is 11.1 Å². The molecule has 0 radical (unpaired) electrons. The van der Waals surface area contributed by atoms with E-state index in [1.807, 2.05) is 49.4 Å². The van der Waals surface area contributed by atoms with Gasteiger partial charge in [-0.1, -0.05) is 54.1 Å². The van der Waals surface area contributed by atoms with Gasteiger partial charge in [0.15, 0.2) is 0 Å². The quantitative estimate of drug-likeness (QED) is 0.865. The van der Waals surface area contributed by atoms with Crippen LogP contribution in [0.2, 0.25) is 5.02 Å². The number of aliphatic hydroxyl groups excluding tert-OH is 1. The third-order valence-electron chi connectivity index (χ3n) is 2.90. The van der Waals surface area contributed by atoms with Crippen LogP contribution in [0.4, 0.5) is 0 Å². The summed E-state index contributed by atoms with van der Waals surface area (Å²) in [7, 11) is 0. The number of benzene rings is 2. The highest BCUT2D eigenvalue weighted by molar-refractivity contribution is 6.30. The molecule has 0 aliphatic heterocycles. The second-order valence-electron chi connectivity index (χ2n) is 4.12. The molecule has 0 bridgehead atoms. The standard InChI is InChI=1S/C16H15ClO/c1-12(10-11-18)15-4-2-3-5-16(15)13-6-8-14(17)9-7-13/h2-10,18H,11H2,1H3. The third-order valence-corrected chi connectivity index (χ3v) is 3.16. The lowest BCUT2D eigenvalue weighted by Gasteiger charge is -2.10. The number of hydrogen-bond donors (Lipinski definition) is 1. The lowest BCUT2D eigenvalue weighted by atomic mass is 9.95. The summed E-state index contributed by atoms with van der Waals surface area (Å²) in [6.45, 7) is 2.06. The van der Waals surface area contributed by atoms with Crippen molar-refractivity contribution in [3.63, 3.8) is 0 Å². The fourth-order valence-corrected chi connectivity index (χ4v) is 2.08. The van der Waals surface area contributed by atoms with Gasteiger partial charge in [-0.15, -0.1) is 0 Å². The molecule has 0 amide bonds. The third kappa shape index (κ3) is 2.81. The van der Waals surface area contributed by atoms with Crippen LogP contribution in [0.15, 0.2) is 54.6 Å². The summed E-state index contributed by atoms with van der Waals surface area (Å²) in [5, 5.41) is 9.74. The van der Waals surface area contributed by atoms with Crippen LogP contribution in [-0.2, 0) is 0 Å². The highest BCUT2D eigenvalue weighted by atomic mass is 35.5. The predicted molar refractivity (Wildman–Crippen MR) is 77.6 cm³/mol. The first-order chi connectivity index (χ1) is 8.72. The van der Waals surface area contributed by atoms with Crippen LogP contribution in [0, 0.1) is 0 Å². The molecule has 2 rings (SSSR count). The van der Waals surface area contributed by atoms with Crippen LogP contribution in [-0.4, -0.2) is 11.7 Å². The van der Waals surface area contributed by atoms with E-state index in [-0.39, 0.29) is 6.61 Å². The summed E-state index contributed by atoms with van der Waals surface area (Å²) in [6.07, 6.45) is 1.81. The van der Waals surface area contributed by atoms with Crippen molar-refractivity contribution in [1.82, 2.24) is 0 Å². The maximum absolute atomic E-state index is 9.00. The Morgan fingerprint density at radius 3 is 2.44 bits per heavy atom. The molecule has 0 fully saturated rings. The molecule has 0 spiro atoms. The summed E-state index contributed by atoms with van der Waals surface area (Å²) in [4.78, 5) is 0. The van der Waals surface area contributed by atoms with E-state index < -0.39 is 0 Å². The largest absolute Gasteiger partial charge is 0.392 e. The molecule has 1 N–H and O–H groups in total. The van der Waals surface area contributed by atoms with Crippen LogP contribution in [0.25, 0.3) is 16.7 Å². The average molecular weight is 259 g/mol. The van der Waals surface area contributed by atoms with E-state index in [2.05, 4.69) is 12.1 Å². The lowest BCUT2D eigenvalue weighted by Crippen LogP contribution is -1.88. The van der Waals surface area contributed by atoms with Crippen LogP contribution in [0.3, 0.4) is 0 Å². The summed E-state index contributed by atoms with van der Waals surface area (Å²) >= 11 is 5.91. The van der Waals surface area contributed by atoms with Crippen molar-refractivity contribution in [2.24, 2.45) is 0 Å². The van der Waals surface area contributed by atoms with Gasteiger partial charge in [-0.25, -0.2) is 0 Å². The van der Waals surface area contributed by atoms with E-state index in [0.29, 0.717) is 0 Å². The number of hydrogen-bond acceptors (Lipinski definition) is 1. The summed E-state index contributed by atoms with van der Waals surface area (Å²) < 4.78 is 0. The van der Waals surface area contributed by atoms with Crippen LogP contribution < -0.4 is 0 Å². The molecule has 0 aliphatic rings. The topological polar surface area (TPSA) is 20.2 Å². The van der Waals surface area contributed by atoms with Crippen LogP contribution >= 0.6 is 11.6 Å². The Morgan fingerprint density at radius 1 is 1.11 bits per heavy atom. The molecular formula is C16H15ClO. The average Bonchev–Trinajstić information content (AvgIpc) is 2.40.